The number of benzene rings is 2. The van der Waals surface area contributed by atoms with Crippen molar-refractivity contribution in [1.82, 2.24) is 34.4 Å². The summed E-state index contributed by atoms with van der Waals surface area (Å²) in [5.74, 6) is -1.74. The van der Waals surface area contributed by atoms with E-state index in [1.54, 1.807) is 54.3 Å². The largest absolute Gasteiger partial charge is 0.381 e. The summed E-state index contributed by atoms with van der Waals surface area (Å²) in [4.78, 5) is 73.3. The minimum atomic E-state index is -2.84. The number of anilines is 2. The van der Waals surface area contributed by atoms with Crippen LogP contribution < -0.4 is 10.2 Å². The fourth-order valence-electron chi connectivity index (χ4n) is 9.54. The molecule has 2 fully saturated rings. The van der Waals surface area contributed by atoms with Gasteiger partial charge in [-0.25, -0.2) is 8.78 Å². The summed E-state index contributed by atoms with van der Waals surface area (Å²) < 4.78 is 40.4. The number of nitrogens with one attached hydrogen (secondary N) is 1. The van der Waals surface area contributed by atoms with Crippen LogP contribution in [0.25, 0.3) is 27.7 Å². The highest BCUT2D eigenvalue weighted by atomic mass is 19.3. The first-order valence-corrected chi connectivity index (χ1v) is 20.0. The Kier molecular flexibility index (Phi) is 8.92. The van der Waals surface area contributed by atoms with Gasteiger partial charge in [-0.1, -0.05) is 0 Å². The van der Waals surface area contributed by atoms with Gasteiger partial charge in [0.25, 0.3) is 18.2 Å². The molecule has 1 unspecified atom stereocenters. The number of hydrogen-bond acceptors (Lipinski definition) is 9. The molecule has 1 atom stereocenters. The van der Waals surface area contributed by atoms with Crippen LogP contribution >= 0.6 is 0 Å². The zero-order chi connectivity index (χ0) is 40.7. The van der Waals surface area contributed by atoms with Gasteiger partial charge in [-0.2, -0.15) is 5.10 Å². The fraction of sp³-hybridized carbons (Fsp3) is 0.372. The van der Waals surface area contributed by atoms with Gasteiger partial charge in [-0.3, -0.25) is 43.9 Å². The molecule has 302 valence electrons. The first kappa shape index (κ1) is 37.0. The average Bonchev–Trinajstić information content (AvgIpc) is 3.90. The highest BCUT2D eigenvalue weighted by Crippen LogP contribution is 2.45. The summed E-state index contributed by atoms with van der Waals surface area (Å²) in [6.45, 7) is 4.42. The number of nitrogens with zero attached hydrogens (tertiary/aromatic N) is 7. The van der Waals surface area contributed by atoms with Crippen LogP contribution in [0.3, 0.4) is 0 Å². The molecule has 0 saturated carbocycles. The van der Waals surface area contributed by atoms with Crippen molar-refractivity contribution in [3.63, 3.8) is 0 Å². The standard InChI is InChI=1S/C43H40F2N8O6/c1-23(54)49-14-9-35-33(21-49)40(48-53(35)25-10-15-59-16-11-25)50-13-2-3-24-17-28(29(39(44)45)19-37(24)50)32-22-51(34-8-12-46-20-31(32)34)26-4-5-27-30(18-26)43(58)52(42(27)57)36-6-7-38(55)47-41(36)56/h4-5,8,12,17-20,22,25,36,39H,2-3,6-7,9-11,13-16,21H2,1H3,(H,47,55,56). The molecule has 0 radical (unpaired) electrons. The lowest BCUT2D eigenvalue weighted by Crippen LogP contribution is -2.54. The molecule has 5 aromatic rings. The van der Waals surface area contributed by atoms with Crippen molar-refractivity contribution < 1.29 is 37.5 Å². The van der Waals surface area contributed by atoms with E-state index in [9.17, 15) is 24.0 Å². The Morgan fingerprint density at radius 3 is 2.51 bits per heavy atom. The predicted molar refractivity (Wildman–Crippen MR) is 210 cm³/mol. The molecule has 8 heterocycles. The van der Waals surface area contributed by atoms with E-state index in [2.05, 4.69) is 19.9 Å². The number of ether oxygens (including phenoxy) is 1. The zero-order valence-electron chi connectivity index (χ0n) is 32.2. The number of amides is 5. The molecule has 2 saturated heterocycles. The van der Waals surface area contributed by atoms with Crippen LogP contribution in [0.5, 0.6) is 0 Å². The molecule has 5 aliphatic rings. The molecule has 2 aromatic carbocycles. The van der Waals surface area contributed by atoms with E-state index in [0.29, 0.717) is 84.9 Å². The quantitative estimate of drug-likeness (QED) is 0.218. The lowest BCUT2D eigenvalue weighted by molar-refractivity contribution is -0.136. The molecular weight excluding hydrogens is 763 g/mol. The fourth-order valence-corrected chi connectivity index (χ4v) is 9.54. The number of alkyl halides is 2. The summed E-state index contributed by atoms with van der Waals surface area (Å²) in [6, 6.07) is 9.01. The maximum atomic E-state index is 15.4. The molecule has 59 heavy (non-hydrogen) atoms. The van der Waals surface area contributed by atoms with Crippen LogP contribution in [0.2, 0.25) is 0 Å². The third kappa shape index (κ3) is 6.02. The molecule has 1 N–H and O–H groups in total. The number of aryl methyl sites for hydroxylation is 1. The second-order valence-electron chi connectivity index (χ2n) is 15.8. The van der Waals surface area contributed by atoms with Gasteiger partial charge in [0.15, 0.2) is 5.82 Å². The van der Waals surface area contributed by atoms with Crippen molar-refractivity contribution in [2.24, 2.45) is 0 Å². The zero-order valence-corrected chi connectivity index (χ0v) is 32.2. The molecule has 14 nitrogen and oxygen atoms in total. The van der Waals surface area contributed by atoms with Gasteiger partial charge < -0.3 is 19.1 Å². The van der Waals surface area contributed by atoms with E-state index in [1.807, 2.05) is 11.0 Å². The highest BCUT2D eigenvalue weighted by molar-refractivity contribution is 6.23. The maximum absolute atomic E-state index is 15.4. The Bertz CT molecular complexity index is 2630. The number of rotatable bonds is 6. The third-order valence-corrected chi connectivity index (χ3v) is 12.5. The van der Waals surface area contributed by atoms with Crippen LogP contribution in [0.15, 0.2) is 55.0 Å². The summed E-state index contributed by atoms with van der Waals surface area (Å²) in [5.41, 5.74) is 5.71. The summed E-state index contributed by atoms with van der Waals surface area (Å²) in [6.07, 6.45) is 5.91. The summed E-state index contributed by atoms with van der Waals surface area (Å²) >= 11 is 0. The predicted octanol–water partition coefficient (Wildman–Crippen LogP) is 5.57. The van der Waals surface area contributed by atoms with Crippen LogP contribution in [0, 0.1) is 0 Å². The topological polar surface area (TPSA) is 152 Å². The first-order valence-electron chi connectivity index (χ1n) is 20.0. The number of hydrogen-bond donors (Lipinski definition) is 1. The third-order valence-electron chi connectivity index (χ3n) is 12.5. The van der Waals surface area contributed by atoms with E-state index in [1.165, 1.54) is 6.07 Å². The van der Waals surface area contributed by atoms with Crippen LogP contribution in [0.1, 0.15) is 94.6 Å². The monoisotopic (exact) mass is 802 g/mol. The number of carbonyl (C=O) groups excluding carboxylic acids is 5. The van der Waals surface area contributed by atoms with Crippen molar-refractivity contribution in [3.05, 3.63) is 88.5 Å². The number of halogens is 2. The number of pyridine rings is 1. The first-order chi connectivity index (χ1) is 28.6. The summed E-state index contributed by atoms with van der Waals surface area (Å²) in [7, 11) is 0. The number of aromatic nitrogens is 4. The van der Waals surface area contributed by atoms with Gasteiger partial charge in [0.1, 0.15) is 6.04 Å². The Hall–Kier alpha value is -6.29. The number of imide groups is 2. The second kappa shape index (κ2) is 14.2. The van der Waals surface area contributed by atoms with Gasteiger partial charge in [0.2, 0.25) is 17.7 Å². The van der Waals surface area contributed by atoms with Crippen molar-refractivity contribution in [2.75, 3.05) is 31.2 Å². The molecule has 0 bridgehead atoms. The molecule has 10 rings (SSSR count). The second-order valence-corrected chi connectivity index (χ2v) is 15.8. The maximum Gasteiger partial charge on any atom is 0.264 e. The summed E-state index contributed by atoms with van der Waals surface area (Å²) in [5, 5.41) is 8.03. The van der Waals surface area contributed by atoms with Crippen LogP contribution in [0.4, 0.5) is 20.3 Å². The molecule has 0 spiro atoms. The Labute approximate surface area is 336 Å². The van der Waals surface area contributed by atoms with Crippen LogP contribution in [-0.2, 0) is 38.5 Å². The van der Waals surface area contributed by atoms with E-state index < -0.39 is 36.1 Å². The van der Waals surface area contributed by atoms with E-state index in [0.717, 1.165) is 41.0 Å². The van der Waals surface area contributed by atoms with Crippen LogP contribution in [-0.4, -0.2) is 91.0 Å². The number of piperidine rings is 1. The molecule has 5 amide bonds. The molecule has 16 heteroatoms. The number of carbonyl (C=O) groups is 5. The SMILES string of the molecule is CC(=O)N1CCc2c(c(N3CCCc4cc(-c5cn(-c6ccc7c(c6)C(=O)N(C6CCC(=O)NC6=O)C7=O)c6ccncc56)c(C(F)F)cc43)nn2C2CCOCC2)C1. The molecule has 0 aliphatic carbocycles. The normalized spacial score (nSPS) is 19.7. The molecular formula is C43H40F2N8O6. The Morgan fingerprint density at radius 2 is 1.73 bits per heavy atom. The van der Waals surface area contributed by atoms with Gasteiger partial charge >= 0.3 is 0 Å². The minimum absolute atomic E-state index is 0.00536. The van der Waals surface area contributed by atoms with E-state index in [-0.39, 0.29) is 41.5 Å². The lowest BCUT2D eigenvalue weighted by atomic mass is 9.91. The molecule has 3 aromatic heterocycles. The number of fused-ring (bicyclic) bond motifs is 4. The Morgan fingerprint density at radius 1 is 0.915 bits per heavy atom. The van der Waals surface area contributed by atoms with Gasteiger partial charge in [-0.05, 0) is 79.6 Å². The molecule has 5 aliphatic heterocycles. The van der Waals surface area contributed by atoms with Crippen molar-refractivity contribution >= 4 is 51.9 Å². The highest BCUT2D eigenvalue weighted by Gasteiger charge is 2.45. The minimum Gasteiger partial charge on any atom is -0.381 e. The van der Waals surface area contributed by atoms with Gasteiger partial charge in [0.05, 0.1) is 29.2 Å². The smallest absolute Gasteiger partial charge is 0.264 e. The van der Waals surface area contributed by atoms with Gasteiger partial charge in [0, 0.05) is 104 Å². The lowest BCUT2D eigenvalue weighted by Gasteiger charge is -2.33. The van der Waals surface area contributed by atoms with E-state index in [4.69, 9.17) is 9.84 Å². The van der Waals surface area contributed by atoms with E-state index >= 15 is 8.78 Å². The van der Waals surface area contributed by atoms with Crippen molar-refractivity contribution in [2.45, 2.75) is 76.9 Å². The van der Waals surface area contributed by atoms with Crippen molar-refractivity contribution in [3.8, 4) is 16.8 Å². The Balaban J connectivity index is 1.05. The van der Waals surface area contributed by atoms with Gasteiger partial charge in [-0.15, -0.1) is 0 Å². The van der Waals surface area contributed by atoms with Crippen molar-refractivity contribution in [1.29, 1.82) is 0 Å². The average molecular weight is 803 g/mol.